The number of ketones is 1. The molecule has 0 aliphatic heterocycles. The maximum absolute atomic E-state index is 12.2. The van der Waals surface area contributed by atoms with E-state index < -0.39 is 0 Å². The molecule has 0 bridgehead atoms. The van der Waals surface area contributed by atoms with Crippen molar-refractivity contribution >= 4 is 5.78 Å². The average Bonchev–Trinajstić information content (AvgIpc) is 2.46. The van der Waals surface area contributed by atoms with E-state index in [4.69, 9.17) is 0 Å². The van der Waals surface area contributed by atoms with E-state index in [2.05, 4.69) is 44.2 Å². The highest BCUT2D eigenvalue weighted by atomic mass is 16.1. The van der Waals surface area contributed by atoms with Gasteiger partial charge in [-0.05, 0) is 17.0 Å². The Labute approximate surface area is 114 Å². The standard InChI is InChI=1S/C18H18O/c1-13-12-17(19)15-10-6-7-11-16(15)18(13,2)14-8-4-3-5-9-14/h3-11,13H,12H2,1-2H3/t13-,18-/m0/s1. The molecule has 1 aliphatic rings. The maximum Gasteiger partial charge on any atom is 0.163 e. The van der Waals surface area contributed by atoms with Crippen molar-refractivity contribution in [3.8, 4) is 0 Å². The van der Waals surface area contributed by atoms with Crippen LogP contribution >= 0.6 is 0 Å². The van der Waals surface area contributed by atoms with Gasteiger partial charge in [-0.1, -0.05) is 68.4 Å². The fourth-order valence-corrected chi connectivity index (χ4v) is 3.26. The van der Waals surface area contributed by atoms with Gasteiger partial charge >= 0.3 is 0 Å². The first-order valence-corrected chi connectivity index (χ1v) is 6.82. The summed E-state index contributed by atoms with van der Waals surface area (Å²) in [5.41, 5.74) is 3.28. The number of hydrogen-bond acceptors (Lipinski definition) is 1. The molecule has 0 radical (unpaired) electrons. The van der Waals surface area contributed by atoms with Crippen LogP contribution in [0.1, 0.15) is 41.8 Å². The van der Waals surface area contributed by atoms with Crippen molar-refractivity contribution in [1.29, 1.82) is 0 Å². The molecule has 0 aromatic heterocycles. The molecule has 2 aromatic rings. The summed E-state index contributed by atoms with van der Waals surface area (Å²) in [6, 6.07) is 18.6. The minimum Gasteiger partial charge on any atom is -0.294 e. The molecule has 0 heterocycles. The molecule has 0 spiro atoms. The first-order chi connectivity index (χ1) is 9.14. The van der Waals surface area contributed by atoms with Gasteiger partial charge in [0.1, 0.15) is 0 Å². The van der Waals surface area contributed by atoms with Crippen molar-refractivity contribution in [3.63, 3.8) is 0 Å². The predicted molar refractivity (Wildman–Crippen MR) is 77.4 cm³/mol. The highest BCUT2D eigenvalue weighted by Gasteiger charge is 2.41. The summed E-state index contributed by atoms with van der Waals surface area (Å²) in [6.45, 7) is 4.44. The Morgan fingerprint density at radius 2 is 1.63 bits per heavy atom. The predicted octanol–water partition coefficient (Wildman–Crippen LogP) is 4.22. The second-order valence-corrected chi connectivity index (χ2v) is 5.64. The van der Waals surface area contributed by atoms with Gasteiger partial charge in [0.2, 0.25) is 0 Å². The van der Waals surface area contributed by atoms with Crippen LogP contribution < -0.4 is 0 Å². The number of hydrogen-bond donors (Lipinski definition) is 0. The minimum absolute atomic E-state index is 0.0776. The van der Waals surface area contributed by atoms with E-state index in [1.54, 1.807) is 0 Å². The van der Waals surface area contributed by atoms with Crippen molar-refractivity contribution < 1.29 is 4.79 Å². The molecule has 19 heavy (non-hydrogen) atoms. The van der Waals surface area contributed by atoms with Crippen molar-refractivity contribution in [2.75, 3.05) is 0 Å². The molecular formula is C18H18O. The van der Waals surface area contributed by atoms with Crippen LogP contribution in [0.5, 0.6) is 0 Å². The Morgan fingerprint density at radius 3 is 2.37 bits per heavy atom. The van der Waals surface area contributed by atoms with Crippen molar-refractivity contribution in [2.24, 2.45) is 5.92 Å². The molecule has 2 aromatic carbocycles. The minimum atomic E-state index is -0.0776. The molecule has 0 saturated carbocycles. The van der Waals surface area contributed by atoms with Gasteiger partial charge in [-0.3, -0.25) is 4.79 Å². The molecule has 0 unspecified atom stereocenters. The largest absolute Gasteiger partial charge is 0.294 e. The van der Waals surface area contributed by atoms with Crippen LogP contribution in [-0.2, 0) is 5.41 Å². The van der Waals surface area contributed by atoms with E-state index in [1.165, 1.54) is 11.1 Å². The first kappa shape index (κ1) is 12.2. The summed E-state index contributed by atoms with van der Waals surface area (Å²) in [5.74, 6) is 0.591. The van der Waals surface area contributed by atoms with Crippen LogP contribution in [0, 0.1) is 5.92 Å². The smallest absolute Gasteiger partial charge is 0.163 e. The monoisotopic (exact) mass is 250 g/mol. The van der Waals surface area contributed by atoms with Crippen molar-refractivity contribution in [1.82, 2.24) is 0 Å². The fourth-order valence-electron chi connectivity index (χ4n) is 3.26. The van der Waals surface area contributed by atoms with Crippen LogP contribution in [0.15, 0.2) is 54.6 Å². The van der Waals surface area contributed by atoms with Crippen LogP contribution in [0.2, 0.25) is 0 Å². The molecule has 1 nitrogen and oxygen atoms in total. The Morgan fingerprint density at radius 1 is 1.00 bits per heavy atom. The summed E-state index contributed by atoms with van der Waals surface area (Å²) in [6.07, 6.45) is 0.627. The zero-order valence-electron chi connectivity index (χ0n) is 11.4. The Bertz CT molecular complexity index is 615. The maximum atomic E-state index is 12.2. The molecule has 1 heteroatoms. The van der Waals surface area contributed by atoms with E-state index in [-0.39, 0.29) is 11.2 Å². The number of rotatable bonds is 1. The third-order valence-electron chi connectivity index (χ3n) is 4.64. The SMILES string of the molecule is C[C@H]1CC(=O)c2ccccc2[C@]1(C)c1ccccc1. The zero-order valence-corrected chi connectivity index (χ0v) is 11.4. The summed E-state index contributed by atoms with van der Waals surface area (Å²) in [4.78, 5) is 12.2. The summed E-state index contributed by atoms with van der Waals surface area (Å²) in [5, 5.41) is 0. The van der Waals surface area contributed by atoms with Gasteiger partial charge in [-0.15, -0.1) is 0 Å². The Hall–Kier alpha value is -1.89. The molecule has 0 N–H and O–H groups in total. The molecule has 0 saturated heterocycles. The van der Waals surface area contributed by atoms with E-state index in [9.17, 15) is 4.79 Å². The highest BCUT2D eigenvalue weighted by Crippen LogP contribution is 2.45. The van der Waals surface area contributed by atoms with Gasteiger partial charge in [0.25, 0.3) is 0 Å². The van der Waals surface area contributed by atoms with E-state index >= 15 is 0 Å². The summed E-state index contributed by atoms with van der Waals surface area (Å²) >= 11 is 0. The fraction of sp³-hybridized carbons (Fsp3) is 0.278. The van der Waals surface area contributed by atoms with Crippen molar-refractivity contribution in [3.05, 3.63) is 71.3 Å². The summed E-state index contributed by atoms with van der Waals surface area (Å²) < 4.78 is 0. The zero-order chi connectivity index (χ0) is 13.5. The third kappa shape index (κ3) is 1.73. The van der Waals surface area contributed by atoms with Gasteiger partial charge in [0.15, 0.2) is 5.78 Å². The molecule has 2 atom stereocenters. The third-order valence-corrected chi connectivity index (χ3v) is 4.64. The summed E-state index contributed by atoms with van der Waals surface area (Å²) in [7, 11) is 0. The number of benzene rings is 2. The van der Waals surface area contributed by atoms with Gasteiger partial charge in [0.05, 0.1) is 0 Å². The normalized spacial score (nSPS) is 26.0. The quantitative estimate of drug-likeness (QED) is 0.740. The molecule has 0 fully saturated rings. The molecular weight excluding hydrogens is 232 g/mol. The lowest BCUT2D eigenvalue weighted by molar-refractivity contribution is 0.0927. The van der Waals surface area contributed by atoms with Crippen molar-refractivity contribution in [2.45, 2.75) is 25.7 Å². The van der Waals surface area contributed by atoms with E-state index in [0.717, 1.165) is 5.56 Å². The van der Waals surface area contributed by atoms with Gasteiger partial charge < -0.3 is 0 Å². The number of fused-ring (bicyclic) bond motifs is 1. The van der Waals surface area contributed by atoms with Gasteiger partial charge in [-0.2, -0.15) is 0 Å². The Balaban J connectivity index is 2.26. The number of carbonyl (C=O) groups is 1. The number of carbonyl (C=O) groups excluding carboxylic acids is 1. The first-order valence-electron chi connectivity index (χ1n) is 6.82. The molecule has 0 amide bonds. The highest BCUT2D eigenvalue weighted by molar-refractivity contribution is 5.99. The average molecular weight is 250 g/mol. The van der Waals surface area contributed by atoms with E-state index in [0.29, 0.717) is 12.3 Å². The number of Topliss-reactive ketones (excluding diaryl/α,β-unsaturated/α-hetero) is 1. The van der Waals surface area contributed by atoms with Crippen LogP contribution in [0.4, 0.5) is 0 Å². The lowest BCUT2D eigenvalue weighted by Crippen LogP contribution is -2.38. The van der Waals surface area contributed by atoms with E-state index in [1.807, 2.05) is 24.3 Å². The van der Waals surface area contributed by atoms with Crippen LogP contribution in [0.3, 0.4) is 0 Å². The lowest BCUT2D eigenvalue weighted by atomic mass is 9.61. The second kappa shape index (κ2) is 4.34. The van der Waals surface area contributed by atoms with Gasteiger partial charge in [0, 0.05) is 17.4 Å². The van der Waals surface area contributed by atoms with Gasteiger partial charge in [-0.25, -0.2) is 0 Å². The second-order valence-electron chi connectivity index (χ2n) is 5.64. The lowest BCUT2D eigenvalue weighted by Gasteiger charge is -2.41. The van der Waals surface area contributed by atoms with Crippen LogP contribution in [0.25, 0.3) is 0 Å². The van der Waals surface area contributed by atoms with Crippen LogP contribution in [-0.4, -0.2) is 5.78 Å². The Kier molecular flexibility index (Phi) is 2.78. The molecule has 3 rings (SSSR count). The molecule has 1 aliphatic carbocycles. The topological polar surface area (TPSA) is 17.1 Å². The molecule has 96 valence electrons.